The molecule has 0 aromatic carbocycles. The summed E-state index contributed by atoms with van der Waals surface area (Å²) in [6, 6.07) is 0. The van der Waals surface area contributed by atoms with E-state index in [2.05, 4.69) is 32.6 Å². The molecule has 1 aromatic rings. The topological polar surface area (TPSA) is 61.3 Å². The number of esters is 1. The van der Waals surface area contributed by atoms with Crippen molar-refractivity contribution in [2.24, 2.45) is 0 Å². The van der Waals surface area contributed by atoms with Crippen molar-refractivity contribution in [1.29, 1.82) is 0 Å². The molecule has 88 valence electrons. The normalized spacial score (nSPS) is 10.0. The van der Waals surface area contributed by atoms with E-state index in [1.54, 1.807) is 13.8 Å². The first-order valence-electron chi connectivity index (χ1n) is 4.83. The van der Waals surface area contributed by atoms with Crippen LogP contribution in [0.25, 0.3) is 0 Å². The Balaban J connectivity index is 2.70. The van der Waals surface area contributed by atoms with Crippen LogP contribution in [0.15, 0.2) is 0 Å². The molecular weight excluding hydrogens is 323 g/mol. The third-order valence-electron chi connectivity index (χ3n) is 1.73. The predicted molar refractivity (Wildman–Crippen MR) is 66.4 cm³/mol. The van der Waals surface area contributed by atoms with Crippen molar-refractivity contribution in [3.63, 3.8) is 0 Å². The lowest BCUT2D eigenvalue weighted by atomic mass is 10.4. The number of hydrogen-bond donors (Lipinski definition) is 0. The number of rotatable bonds is 4. The van der Waals surface area contributed by atoms with Gasteiger partial charge in [-0.05, 0) is 43.4 Å². The van der Waals surface area contributed by atoms with Crippen molar-refractivity contribution in [1.82, 2.24) is 9.97 Å². The van der Waals surface area contributed by atoms with Crippen LogP contribution in [0.4, 0.5) is 0 Å². The van der Waals surface area contributed by atoms with Crippen LogP contribution in [0.2, 0.25) is 0 Å². The molecule has 0 aliphatic carbocycles. The molecule has 0 aliphatic heterocycles. The summed E-state index contributed by atoms with van der Waals surface area (Å²) in [6.07, 6.45) is 0. The molecule has 0 aliphatic rings. The van der Waals surface area contributed by atoms with Crippen molar-refractivity contribution in [3.05, 3.63) is 15.1 Å². The molecule has 5 nitrogen and oxygen atoms in total. The fourth-order valence-electron chi connectivity index (χ4n) is 1.09. The highest BCUT2D eigenvalue weighted by Crippen LogP contribution is 2.20. The van der Waals surface area contributed by atoms with Crippen LogP contribution in [0.1, 0.15) is 18.4 Å². The second-order valence-electron chi connectivity index (χ2n) is 3.07. The third kappa shape index (κ3) is 3.58. The van der Waals surface area contributed by atoms with Gasteiger partial charge in [-0.2, -0.15) is 4.98 Å². The molecule has 0 atom stereocenters. The first-order chi connectivity index (χ1) is 7.54. The first kappa shape index (κ1) is 13.1. The maximum Gasteiger partial charge on any atom is 0.344 e. The van der Waals surface area contributed by atoms with Gasteiger partial charge in [0.2, 0.25) is 5.88 Å². The van der Waals surface area contributed by atoms with Crippen LogP contribution < -0.4 is 4.74 Å². The molecular formula is C10H13IN2O3. The van der Waals surface area contributed by atoms with Crippen molar-refractivity contribution >= 4 is 28.6 Å². The molecule has 0 spiro atoms. The summed E-state index contributed by atoms with van der Waals surface area (Å²) in [7, 11) is 0. The zero-order chi connectivity index (χ0) is 12.1. The van der Waals surface area contributed by atoms with Gasteiger partial charge in [0.1, 0.15) is 5.82 Å². The van der Waals surface area contributed by atoms with E-state index in [0.29, 0.717) is 18.3 Å². The van der Waals surface area contributed by atoms with E-state index >= 15 is 0 Å². The first-order valence-corrected chi connectivity index (χ1v) is 5.91. The molecule has 0 radical (unpaired) electrons. The Bertz CT molecular complexity index is 396. The Kier molecular flexibility index (Phi) is 4.91. The molecule has 0 bridgehead atoms. The van der Waals surface area contributed by atoms with Crippen LogP contribution in [-0.4, -0.2) is 29.2 Å². The lowest BCUT2D eigenvalue weighted by Gasteiger charge is -2.08. The standard InChI is InChI=1S/C10H13IN2O3/c1-4-15-8(14)5-16-10-9(11)6(2)12-7(3)13-10/h4-5H2,1-3H3. The fraction of sp³-hybridized carbons (Fsp3) is 0.500. The molecule has 1 heterocycles. The third-order valence-corrected chi connectivity index (χ3v) is 2.97. The second kappa shape index (κ2) is 5.97. The highest BCUT2D eigenvalue weighted by Gasteiger charge is 2.11. The lowest BCUT2D eigenvalue weighted by Crippen LogP contribution is -2.16. The summed E-state index contributed by atoms with van der Waals surface area (Å²) < 4.78 is 10.8. The van der Waals surface area contributed by atoms with Crippen LogP contribution in [-0.2, 0) is 9.53 Å². The number of ether oxygens (including phenoxy) is 2. The minimum Gasteiger partial charge on any atom is -0.465 e. The summed E-state index contributed by atoms with van der Waals surface area (Å²) in [4.78, 5) is 19.4. The number of carbonyl (C=O) groups excluding carboxylic acids is 1. The number of aryl methyl sites for hydroxylation is 2. The zero-order valence-electron chi connectivity index (χ0n) is 9.41. The van der Waals surface area contributed by atoms with Crippen molar-refractivity contribution in [2.45, 2.75) is 20.8 Å². The Morgan fingerprint density at radius 2 is 2.06 bits per heavy atom. The molecule has 0 amide bonds. The molecule has 16 heavy (non-hydrogen) atoms. The molecule has 0 saturated heterocycles. The van der Waals surface area contributed by atoms with Crippen LogP contribution >= 0.6 is 22.6 Å². The van der Waals surface area contributed by atoms with E-state index in [1.165, 1.54) is 0 Å². The molecule has 1 aromatic heterocycles. The van der Waals surface area contributed by atoms with Crippen molar-refractivity contribution in [2.75, 3.05) is 13.2 Å². The average Bonchev–Trinajstić information content (AvgIpc) is 2.21. The maximum atomic E-state index is 11.1. The van der Waals surface area contributed by atoms with Gasteiger partial charge >= 0.3 is 5.97 Å². The molecule has 0 fully saturated rings. The molecule has 1 rings (SSSR count). The lowest BCUT2D eigenvalue weighted by molar-refractivity contribution is -0.145. The monoisotopic (exact) mass is 336 g/mol. The highest BCUT2D eigenvalue weighted by molar-refractivity contribution is 14.1. The Morgan fingerprint density at radius 3 is 2.69 bits per heavy atom. The van der Waals surface area contributed by atoms with Crippen molar-refractivity contribution < 1.29 is 14.3 Å². The fourth-order valence-corrected chi connectivity index (χ4v) is 1.49. The Labute approximate surface area is 108 Å². The number of nitrogens with zero attached hydrogens (tertiary/aromatic N) is 2. The Morgan fingerprint density at radius 1 is 1.38 bits per heavy atom. The van der Waals surface area contributed by atoms with Gasteiger partial charge in [-0.25, -0.2) is 9.78 Å². The number of hydrogen-bond acceptors (Lipinski definition) is 5. The van der Waals surface area contributed by atoms with Crippen LogP contribution in [0.3, 0.4) is 0 Å². The minimum absolute atomic E-state index is 0.125. The van der Waals surface area contributed by atoms with Gasteiger partial charge in [-0.1, -0.05) is 0 Å². The van der Waals surface area contributed by atoms with E-state index < -0.39 is 5.97 Å². The zero-order valence-corrected chi connectivity index (χ0v) is 11.6. The summed E-state index contributed by atoms with van der Waals surface area (Å²) in [5, 5.41) is 0. The number of halogens is 1. The molecule has 0 saturated carbocycles. The highest BCUT2D eigenvalue weighted by atomic mass is 127. The molecule has 0 N–H and O–H groups in total. The van der Waals surface area contributed by atoms with Gasteiger partial charge in [-0.15, -0.1) is 0 Å². The van der Waals surface area contributed by atoms with Gasteiger partial charge in [-0.3, -0.25) is 0 Å². The van der Waals surface area contributed by atoms with E-state index in [-0.39, 0.29) is 6.61 Å². The molecule has 0 unspecified atom stereocenters. The maximum absolute atomic E-state index is 11.1. The summed E-state index contributed by atoms with van der Waals surface area (Å²) in [5.41, 5.74) is 0.840. The number of carbonyl (C=O) groups is 1. The smallest absolute Gasteiger partial charge is 0.344 e. The van der Waals surface area contributed by atoms with E-state index in [0.717, 1.165) is 9.26 Å². The van der Waals surface area contributed by atoms with E-state index in [4.69, 9.17) is 9.47 Å². The van der Waals surface area contributed by atoms with Gasteiger partial charge in [0.25, 0.3) is 0 Å². The summed E-state index contributed by atoms with van der Waals surface area (Å²) >= 11 is 2.09. The quantitative estimate of drug-likeness (QED) is 0.618. The van der Waals surface area contributed by atoms with Crippen molar-refractivity contribution in [3.8, 4) is 5.88 Å². The predicted octanol–water partition coefficient (Wildman–Crippen LogP) is 1.64. The average molecular weight is 336 g/mol. The van der Waals surface area contributed by atoms with E-state index in [9.17, 15) is 4.79 Å². The summed E-state index contributed by atoms with van der Waals surface area (Å²) in [5.74, 6) is 0.655. The second-order valence-corrected chi connectivity index (χ2v) is 4.15. The van der Waals surface area contributed by atoms with Crippen LogP contribution in [0, 0.1) is 17.4 Å². The van der Waals surface area contributed by atoms with Gasteiger partial charge in [0, 0.05) is 0 Å². The van der Waals surface area contributed by atoms with Gasteiger partial charge < -0.3 is 9.47 Å². The molecule has 6 heteroatoms. The summed E-state index contributed by atoms with van der Waals surface area (Å²) in [6.45, 7) is 5.62. The van der Waals surface area contributed by atoms with E-state index in [1.807, 2.05) is 6.92 Å². The number of aromatic nitrogens is 2. The van der Waals surface area contributed by atoms with Gasteiger partial charge in [0.15, 0.2) is 6.61 Å². The largest absolute Gasteiger partial charge is 0.465 e. The van der Waals surface area contributed by atoms with Crippen LogP contribution in [0.5, 0.6) is 5.88 Å². The van der Waals surface area contributed by atoms with Gasteiger partial charge in [0.05, 0.1) is 15.9 Å². The SMILES string of the molecule is CCOC(=O)COc1nc(C)nc(C)c1I. The Hall–Kier alpha value is -0.920. The minimum atomic E-state index is -0.396.